The van der Waals surface area contributed by atoms with E-state index in [1.54, 1.807) is 50.2 Å². The molecular formula is C18H25N3O4. The van der Waals surface area contributed by atoms with Gasteiger partial charge in [-0.2, -0.15) is 0 Å². The van der Waals surface area contributed by atoms with Gasteiger partial charge in [-0.05, 0) is 31.9 Å². The molecule has 0 atom stereocenters. The average Bonchev–Trinajstić information content (AvgIpc) is 2.61. The Labute approximate surface area is 147 Å². The lowest BCUT2D eigenvalue weighted by molar-refractivity contribution is -0.121. The summed E-state index contributed by atoms with van der Waals surface area (Å²) in [6.45, 7) is 3.12. The van der Waals surface area contributed by atoms with Crippen molar-refractivity contribution < 1.29 is 19.1 Å². The van der Waals surface area contributed by atoms with Crippen LogP contribution >= 0.6 is 0 Å². The number of nitrogens with zero attached hydrogens (tertiary/aromatic N) is 2. The molecule has 2 rings (SSSR count). The zero-order chi connectivity index (χ0) is 18.4. The van der Waals surface area contributed by atoms with E-state index in [1.165, 1.54) is 4.90 Å². The minimum atomic E-state index is -0.454. The first-order valence-electron chi connectivity index (χ1n) is 8.47. The standard InChI is InChI=1S/C18H25N3O4/c1-4-25-17(23)14-7-5-6-8-15(14)19-16(22)13-9-11-21(12-10-13)18(24)20(2)3/h5-8,13H,4,9-12H2,1-3H3,(H,19,22). The van der Waals surface area contributed by atoms with E-state index in [-0.39, 0.29) is 24.5 Å². The summed E-state index contributed by atoms with van der Waals surface area (Å²) in [5.41, 5.74) is 0.802. The van der Waals surface area contributed by atoms with E-state index in [0.29, 0.717) is 37.2 Å². The van der Waals surface area contributed by atoms with Gasteiger partial charge in [-0.1, -0.05) is 12.1 Å². The molecule has 0 radical (unpaired) electrons. The van der Waals surface area contributed by atoms with Crippen LogP contribution in [0.15, 0.2) is 24.3 Å². The van der Waals surface area contributed by atoms with Crippen molar-refractivity contribution in [3.8, 4) is 0 Å². The van der Waals surface area contributed by atoms with Crippen LogP contribution in [-0.2, 0) is 9.53 Å². The number of likely N-dealkylation sites (tertiary alicyclic amines) is 1. The predicted molar refractivity (Wildman–Crippen MR) is 94.4 cm³/mol. The number of para-hydroxylation sites is 1. The maximum absolute atomic E-state index is 12.5. The van der Waals surface area contributed by atoms with Crippen LogP contribution in [0.25, 0.3) is 0 Å². The first kappa shape index (κ1) is 18.8. The quantitative estimate of drug-likeness (QED) is 0.847. The van der Waals surface area contributed by atoms with Gasteiger partial charge >= 0.3 is 12.0 Å². The van der Waals surface area contributed by atoms with Crippen LogP contribution in [0.5, 0.6) is 0 Å². The van der Waals surface area contributed by atoms with Crippen molar-refractivity contribution in [1.29, 1.82) is 0 Å². The van der Waals surface area contributed by atoms with E-state index in [1.807, 2.05) is 0 Å². The number of hydrogen-bond donors (Lipinski definition) is 1. The number of rotatable bonds is 4. The van der Waals surface area contributed by atoms with Crippen molar-refractivity contribution >= 4 is 23.6 Å². The van der Waals surface area contributed by atoms with E-state index in [9.17, 15) is 14.4 Å². The van der Waals surface area contributed by atoms with Crippen molar-refractivity contribution in [2.45, 2.75) is 19.8 Å². The highest BCUT2D eigenvalue weighted by Crippen LogP contribution is 2.22. The second-order valence-corrected chi connectivity index (χ2v) is 6.19. The van der Waals surface area contributed by atoms with E-state index in [4.69, 9.17) is 4.74 Å². The molecule has 1 heterocycles. The molecule has 1 aliphatic rings. The summed E-state index contributed by atoms with van der Waals surface area (Å²) in [6, 6.07) is 6.77. The number of ether oxygens (including phenoxy) is 1. The second-order valence-electron chi connectivity index (χ2n) is 6.19. The minimum Gasteiger partial charge on any atom is -0.462 e. The normalized spacial score (nSPS) is 14.8. The maximum atomic E-state index is 12.5. The lowest BCUT2D eigenvalue weighted by Crippen LogP contribution is -2.45. The molecule has 7 nitrogen and oxygen atoms in total. The molecule has 0 bridgehead atoms. The number of urea groups is 1. The average molecular weight is 347 g/mol. The van der Waals surface area contributed by atoms with E-state index in [0.717, 1.165) is 0 Å². The number of amides is 3. The van der Waals surface area contributed by atoms with Crippen LogP contribution in [0.2, 0.25) is 0 Å². The molecule has 0 spiro atoms. The molecule has 7 heteroatoms. The third kappa shape index (κ3) is 4.71. The van der Waals surface area contributed by atoms with Crippen LogP contribution in [-0.4, -0.2) is 61.5 Å². The molecule has 0 aliphatic carbocycles. The molecule has 1 aromatic rings. The fourth-order valence-corrected chi connectivity index (χ4v) is 2.83. The van der Waals surface area contributed by atoms with Crippen LogP contribution in [0.4, 0.5) is 10.5 Å². The molecule has 136 valence electrons. The van der Waals surface area contributed by atoms with Gasteiger partial charge in [-0.3, -0.25) is 4.79 Å². The van der Waals surface area contributed by atoms with Crippen LogP contribution < -0.4 is 5.32 Å². The Hall–Kier alpha value is -2.57. The van der Waals surface area contributed by atoms with Gasteiger partial charge in [0.2, 0.25) is 5.91 Å². The monoisotopic (exact) mass is 347 g/mol. The summed E-state index contributed by atoms with van der Waals surface area (Å²) in [7, 11) is 3.43. The summed E-state index contributed by atoms with van der Waals surface area (Å²) >= 11 is 0. The van der Waals surface area contributed by atoms with Crippen molar-refractivity contribution in [1.82, 2.24) is 9.80 Å². The molecule has 1 fully saturated rings. The summed E-state index contributed by atoms with van der Waals surface area (Å²) in [6.07, 6.45) is 1.21. The third-order valence-electron chi connectivity index (χ3n) is 4.20. The van der Waals surface area contributed by atoms with Crippen molar-refractivity contribution in [2.75, 3.05) is 39.1 Å². The SMILES string of the molecule is CCOC(=O)c1ccccc1NC(=O)C1CCN(C(=O)N(C)C)CC1. The molecule has 25 heavy (non-hydrogen) atoms. The largest absolute Gasteiger partial charge is 0.462 e. The fraction of sp³-hybridized carbons (Fsp3) is 0.500. The zero-order valence-corrected chi connectivity index (χ0v) is 14.9. The van der Waals surface area contributed by atoms with Crippen LogP contribution in [0, 0.1) is 5.92 Å². The lowest BCUT2D eigenvalue weighted by atomic mass is 9.96. The zero-order valence-electron chi connectivity index (χ0n) is 14.9. The number of benzene rings is 1. The van der Waals surface area contributed by atoms with Gasteiger partial charge in [0.05, 0.1) is 17.9 Å². The molecular weight excluding hydrogens is 322 g/mol. The van der Waals surface area contributed by atoms with Gasteiger partial charge in [-0.25, -0.2) is 9.59 Å². The minimum absolute atomic E-state index is 0.0356. The highest BCUT2D eigenvalue weighted by molar-refractivity contribution is 6.01. The fourth-order valence-electron chi connectivity index (χ4n) is 2.83. The Balaban J connectivity index is 1.98. The second kappa shape index (κ2) is 8.50. The Morgan fingerprint density at radius 2 is 1.84 bits per heavy atom. The summed E-state index contributed by atoms with van der Waals surface area (Å²) < 4.78 is 5.02. The van der Waals surface area contributed by atoms with Crippen molar-refractivity contribution in [2.24, 2.45) is 5.92 Å². The van der Waals surface area contributed by atoms with Gasteiger partial charge in [0.15, 0.2) is 0 Å². The number of nitrogens with one attached hydrogen (secondary N) is 1. The topological polar surface area (TPSA) is 79.0 Å². The number of carbonyl (C=O) groups excluding carboxylic acids is 3. The predicted octanol–water partition coefficient (Wildman–Crippen LogP) is 2.20. The van der Waals surface area contributed by atoms with Gasteiger partial charge in [-0.15, -0.1) is 0 Å². The molecule has 1 aromatic carbocycles. The Kier molecular flexibility index (Phi) is 6.38. The smallest absolute Gasteiger partial charge is 0.340 e. The van der Waals surface area contributed by atoms with Gasteiger partial charge < -0.3 is 19.9 Å². The molecule has 3 amide bonds. The molecule has 1 N–H and O–H groups in total. The molecule has 1 aliphatic heterocycles. The first-order chi connectivity index (χ1) is 11.9. The Morgan fingerprint density at radius 3 is 2.44 bits per heavy atom. The van der Waals surface area contributed by atoms with Crippen molar-refractivity contribution in [3.63, 3.8) is 0 Å². The lowest BCUT2D eigenvalue weighted by Gasteiger charge is -2.33. The molecule has 0 aromatic heterocycles. The van der Waals surface area contributed by atoms with Gasteiger partial charge in [0, 0.05) is 33.1 Å². The highest BCUT2D eigenvalue weighted by Gasteiger charge is 2.28. The van der Waals surface area contributed by atoms with Gasteiger partial charge in [0.1, 0.15) is 0 Å². The van der Waals surface area contributed by atoms with Crippen molar-refractivity contribution in [3.05, 3.63) is 29.8 Å². The summed E-state index contributed by atoms with van der Waals surface area (Å²) in [4.78, 5) is 39.7. The maximum Gasteiger partial charge on any atom is 0.340 e. The third-order valence-corrected chi connectivity index (χ3v) is 4.20. The highest BCUT2D eigenvalue weighted by atomic mass is 16.5. The molecule has 0 unspecified atom stereocenters. The summed E-state index contributed by atoms with van der Waals surface area (Å²) in [5.74, 6) is -0.764. The summed E-state index contributed by atoms with van der Waals surface area (Å²) in [5, 5.41) is 2.83. The number of anilines is 1. The molecule has 1 saturated heterocycles. The van der Waals surface area contributed by atoms with E-state index < -0.39 is 5.97 Å². The van der Waals surface area contributed by atoms with Crippen LogP contribution in [0.3, 0.4) is 0 Å². The van der Waals surface area contributed by atoms with E-state index in [2.05, 4.69) is 5.32 Å². The number of hydrogen-bond acceptors (Lipinski definition) is 4. The first-order valence-corrected chi connectivity index (χ1v) is 8.47. The molecule has 0 saturated carbocycles. The van der Waals surface area contributed by atoms with E-state index >= 15 is 0 Å². The number of esters is 1. The number of carbonyl (C=O) groups is 3. The Bertz CT molecular complexity index is 637. The Morgan fingerprint density at radius 1 is 1.20 bits per heavy atom. The van der Waals surface area contributed by atoms with Crippen LogP contribution in [0.1, 0.15) is 30.1 Å². The van der Waals surface area contributed by atoms with Gasteiger partial charge in [0.25, 0.3) is 0 Å². The number of piperidine rings is 1.